The van der Waals surface area contributed by atoms with Crippen molar-refractivity contribution in [1.29, 1.82) is 0 Å². The Balaban J connectivity index is 3.48. The molecule has 5 heteroatoms. The standard InChI is InChI=1S/C9H18O4S/c1-3-4-8(2)7-13-9(10)5-6-14(11)12/h8H,3-7H2,1-2H3,(H,11,12). The average Bonchev–Trinajstić information content (AvgIpc) is 2.12. The van der Waals surface area contributed by atoms with Crippen molar-refractivity contribution in [2.75, 3.05) is 12.4 Å². The number of esters is 1. The molecule has 0 bridgehead atoms. The largest absolute Gasteiger partial charge is 0.465 e. The van der Waals surface area contributed by atoms with Gasteiger partial charge in [-0.1, -0.05) is 20.3 Å². The minimum atomic E-state index is -1.90. The van der Waals surface area contributed by atoms with Gasteiger partial charge in [-0.3, -0.25) is 4.79 Å². The zero-order valence-corrected chi connectivity index (χ0v) is 9.51. The Kier molecular flexibility index (Phi) is 7.70. The van der Waals surface area contributed by atoms with E-state index in [1.54, 1.807) is 0 Å². The SMILES string of the molecule is CCCC(C)COC(=O)CCS(=O)O. The highest BCUT2D eigenvalue weighted by Gasteiger charge is 2.07. The fraction of sp³-hybridized carbons (Fsp3) is 0.889. The van der Waals surface area contributed by atoms with E-state index in [0.29, 0.717) is 12.5 Å². The minimum Gasteiger partial charge on any atom is -0.465 e. The molecule has 0 aliphatic heterocycles. The summed E-state index contributed by atoms with van der Waals surface area (Å²) >= 11 is -1.90. The molecule has 0 fully saturated rings. The lowest BCUT2D eigenvalue weighted by molar-refractivity contribution is -0.144. The van der Waals surface area contributed by atoms with Gasteiger partial charge < -0.3 is 9.29 Å². The highest BCUT2D eigenvalue weighted by atomic mass is 32.2. The minimum absolute atomic E-state index is 0.0158. The van der Waals surface area contributed by atoms with Crippen molar-refractivity contribution in [1.82, 2.24) is 0 Å². The van der Waals surface area contributed by atoms with E-state index in [-0.39, 0.29) is 12.2 Å². The summed E-state index contributed by atoms with van der Waals surface area (Å²) in [6, 6.07) is 0. The number of ether oxygens (including phenoxy) is 1. The molecule has 84 valence electrons. The van der Waals surface area contributed by atoms with Crippen LogP contribution in [-0.4, -0.2) is 27.1 Å². The van der Waals surface area contributed by atoms with Crippen molar-refractivity contribution >= 4 is 17.0 Å². The summed E-state index contributed by atoms with van der Waals surface area (Å²) in [5, 5.41) is 0. The molecule has 0 saturated carbocycles. The second-order valence-corrected chi connectivity index (χ2v) is 4.40. The third kappa shape index (κ3) is 8.19. The molecule has 0 rings (SSSR count). The molecule has 0 spiro atoms. The molecule has 0 heterocycles. The molecule has 14 heavy (non-hydrogen) atoms. The molecule has 4 nitrogen and oxygen atoms in total. The molecule has 1 N–H and O–H groups in total. The predicted molar refractivity (Wildman–Crippen MR) is 55.3 cm³/mol. The first-order chi connectivity index (χ1) is 6.56. The summed E-state index contributed by atoms with van der Waals surface area (Å²) in [6.07, 6.45) is 2.11. The fourth-order valence-electron chi connectivity index (χ4n) is 1.05. The zero-order valence-electron chi connectivity index (χ0n) is 8.69. The van der Waals surface area contributed by atoms with Crippen LogP contribution in [0.25, 0.3) is 0 Å². The molecule has 0 amide bonds. The van der Waals surface area contributed by atoms with E-state index >= 15 is 0 Å². The van der Waals surface area contributed by atoms with Crippen LogP contribution >= 0.6 is 0 Å². The lowest BCUT2D eigenvalue weighted by Crippen LogP contribution is -2.13. The highest BCUT2D eigenvalue weighted by molar-refractivity contribution is 7.79. The van der Waals surface area contributed by atoms with Gasteiger partial charge in [0.15, 0.2) is 11.1 Å². The van der Waals surface area contributed by atoms with Crippen LogP contribution in [0.1, 0.15) is 33.1 Å². The molecule has 0 saturated heterocycles. The van der Waals surface area contributed by atoms with E-state index < -0.39 is 17.0 Å². The predicted octanol–water partition coefficient (Wildman–Crippen LogP) is 1.58. The quantitative estimate of drug-likeness (QED) is 0.524. The van der Waals surface area contributed by atoms with Crippen molar-refractivity contribution in [2.24, 2.45) is 5.92 Å². The Labute approximate surface area is 87.3 Å². The van der Waals surface area contributed by atoms with E-state index in [0.717, 1.165) is 12.8 Å². The number of carbonyl (C=O) groups is 1. The van der Waals surface area contributed by atoms with Crippen molar-refractivity contribution < 1.29 is 18.3 Å². The van der Waals surface area contributed by atoms with Crippen LogP contribution in [-0.2, 0) is 20.6 Å². The smallest absolute Gasteiger partial charge is 0.306 e. The third-order valence-electron chi connectivity index (χ3n) is 1.79. The number of hydrogen-bond donors (Lipinski definition) is 1. The summed E-state index contributed by atoms with van der Waals surface area (Å²) in [4.78, 5) is 11.0. The molecule has 0 aliphatic carbocycles. The van der Waals surface area contributed by atoms with Gasteiger partial charge in [-0.15, -0.1) is 0 Å². The lowest BCUT2D eigenvalue weighted by atomic mass is 10.1. The number of hydrogen-bond acceptors (Lipinski definition) is 3. The summed E-state index contributed by atoms with van der Waals surface area (Å²) in [5.74, 6) is -0.0695. The topological polar surface area (TPSA) is 63.6 Å². The van der Waals surface area contributed by atoms with E-state index in [2.05, 4.69) is 6.92 Å². The second kappa shape index (κ2) is 7.94. The summed E-state index contributed by atoms with van der Waals surface area (Å²) < 4.78 is 23.6. The zero-order chi connectivity index (χ0) is 11.0. The van der Waals surface area contributed by atoms with Gasteiger partial charge >= 0.3 is 5.97 Å². The lowest BCUT2D eigenvalue weighted by Gasteiger charge is -2.10. The maximum absolute atomic E-state index is 11.0. The molecule has 0 aromatic carbocycles. The van der Waals surface area contributed by atoms with Gasteiger partial charge in [0.2, 0.25) is 0 Å². The third-order valence-corrected chi connectivity index (χ3v) is 2.34. The van der Waals surface area contributed by atoms with Crippen LogP contribution in [0.3, 0.4) is 0 Å². The Morgan fingerprint density at radius 2 is 2.21 bits per heavy atom. The van der Waals surface area contributed by atoms with Gasteiger partial charge in [-0.2, -0.15) is 0 Å². The first kappa shape index (κ1) is 13.6. The van der Waals surface area contributed by atoms with Crippen molar-refractivity contribution in [3.05, 3.63) is 0 Å². The van der Waals surface area contributed by atoms with Crippen molar-refractivity contribution in [3.8, 4) is 0 Å². The maximum Gasteiger partial charge on any atom is 0.306 e. The van der Waals surface area contributed by atoms with Crippen LogP contribution in [0, 0.1) is 5.92 Å². The maximum atomic E-state index is 11.0. The van der Waals surface area contributed by atoms with Crippen LogP contribution < -0.4 is 0 Å². The second-order valence-electron chi connectivity index (χ2n) is 3.35. The van der Waals surface area contributed by atoms with Gasteiger partial charge in [0.1, 0.15) is 0 Å². The number of carbonyl (C=O) groups excluding carboxylic acids is 1. The van der Waals surface area contributed by atoms with Crippen LogP contribution in [0.15, 0.2) is 0 Å². The Morgan fingerprint density at radius 3 is 2.71 bits per heavy atom. The molecular formula is C9H18O4S. The molecule has 0 aromatic rings. The van der Waals surface area contributed by atoms with Gasteiger partial charge in [0, 0.05) is 0 Å². The average molecular weight is 222 g/mol. The molecule has 2 unspecified atom stereocenters. The molecule has 0 aliphatic rings. The summed E-state index contributed by atoms with van der Waals surface area (Å²) in [7, 11) is 0. The first-order valence-electron chi connectivity index (χ1n) is 4.79. The molecule has 0 aromatic heterocycles. The van der Waals surface area contributed by atoms with E-state index in [1.807, 2.05) is 6.92 Å². The fourth-order valence-corrected chi connectivity index (χ4v) is 1.40. The molecular weight excluding hydrogens is 204 g/mol. The van der Waals surface area contributed by atoms with E-state index in [4.69, 9.17) is 9.29 Å². The normalized spacial score (nSPS) is 14.8. The number of rotatable bonds is 7. The van der Waals surface area contributed by atoms with Gasteiger partial charge in [0.25, 0.3) is 0 Å². The van der Waals surface area contributed by atoms with E-state index in [1.165, 1.54) is 0 Å². The van der Waals surface area contributed by atoms with Gasteiger partial charge in [-0.05, 0) is 12.3 Å². The van der Waals surface area contributed by atoms with Crippen LogP contribution in [0.4, 0.5) is 0 Å². The Morgan fingerprint density at radius 1 is 1.57 bits per heavy atom. The van der Waals surface area contributed by atoms with Gasteiger partial charge in [0.05, 0.1) is 18.8 Å². The first-order valence-corrected chi connectivity index (χ1v) is 6.07. The van der Waals surface area contributed by atoms with E-state index in [9.17, 15) is 9.00 Å². The summed E-state index contributed by atoms with van der Waals surface area (Å²) in [6.45, 7) is 4.50. The Bertz CT molecular complexity index is 193. The monoisotopic (exact) mass is 222 g/mol. The van der Waals surface area contributed by atoms with Crippen LogP contribution in [0.5, 0.6) is 0 Å². The van der Waals surface area contributed by atoms with Crippen LogP contribution in [0.2, 0.25) is 0 Å². The molecule has 0 radical (unpaired) electrons. The van der Waals surface area contributed by atoms with Gasteiger partial charge in [-0.25, -0.2) is 4.21 Å². The van der Waals surface area contributed by atoms with Crippen molar-refractivity contribution in [3.63, 3.8) is 0 Å². The highest BCUT2D eigenvalue weighted by Crippen LogP contribution is 2.05. The Hall–Kier alpha value is -0.420. The molecule has 2 atom stereocenters. The summed E-state index contributed by atoms with van der Waals surface area (Å²) in [5.41, 5.74) is 0. The van der Waals surface area contributed by atoms with Crippen molar-refractivity contribution in [2.45, 2.75) is 33.1 Å².